The lowest BCUT2D eigenvalue weighted by atomic mass is 9.92. The second-order valence-electron chi connectivity index (χ2n) is 4.43. The van der Waals surface area contributed by atoms with Gasteiger partial charge in [-0.15, -0.1) is 0 Å². The number of likely N-dealkylation sites (tertiary alicyclic amines) is 1. The maximum Gasteiger partial charge on any atom is 0.234 e. The number of nitrogens with one attached hydrogen (secondary N) is 1. The van der Waals surface area contributed by atoms with Crippen LogP contribution in [0.15, 0.2) is 0 Å². The van der Waals surface area contributed by atoms with Gasteiger partial charge in [-0.3, -0.25) is 9.69 Å². The van der Waals surface area contributed by atoms with E-state index in [1.54, 1.807) is 0 Å². The van der Waals surface area contributed by atoms with Crippen molar-refractivity contribution >= 4 is 5.91 Å². The van der Waals surface area contributed by atoms with Gasteiger partial charge in [0.05, 0.1) is 19.3 Å². The molecule has 5 nitrogen and oxygen atoms in total. The number of carbonyl (C=O) groups is 1. The molecule has 0 aromatic carbocycles. The van der Waals surface area contributed by atoms with Gasteiger partial charge in [0.2, 0.25) is 5.91 Å². The molecule has 0 aliphatic carbocycles. The highest BCUT2D eigenvalue weighted by atomic mass is 16.3. The van der Waals surface area contributed by atoms with Gasteiger partial charge in [0, 0.05) is 6.54 Å². The van der Waals surface area contributed by atoms with E-state index in [1.807, 2.05) is 6.92 Å². The molecule has 16 heavy (non-hydrogen) atoms. The van der Waals surface area contributed by atoms with E-state index < -0.39 is 0 Å². The van der Waals surface area contributed by atoms with Crippen LogP contribution in [0.3, 0.4) is 0 Å². The molecule has 94 valence electrons. The molecule has 1 unspecified atom stereocenters. The van der Waals surface area contributed by atoms with Gasteiger partial charge >= 0.3 is 0 Å². The number of carbonyl (C=O) groups excluding carboxylic acids is 1. The van der Waals surface area contributed by atoms with Gasteiger partial charge in [0.1, 0.15) is 0 Å². The van der Waals surface area contributed by atoms with Crippen molar-refractivity contribution in [2.45, 2.75) is 25.9 Å². The zero-order chi connectivity index (χ0) is 12.0. The van der Waals surface area contributed by atoms with Crippen LogP contribution in [0.1, 0.15) is 19.8 Å². The summed E-state index contributed by atoms with van der Waals surface area (Å²) in [6.45, 7) is 4.25. The second kappa shape index (κ2) is 6.83. The maximum atomic E-state index is 11.4. The highest BCUT2D eigenvalue weighted by Gasteiger charge is 2.23. The molecule has 0 radical (unpaired) electrons. The molecule has 0 aromatic rings. The molecule has 1 aliphatic heterocycles. The zero-order valence-corrected chi connectivity index (χ0v) is 9.85. The predicted molar refractivity (Wildman–Crippen MR) is 60.9 cm³/mol. The van der Waals surface area contributed by atoms with E-state index in [1.165, 1.54) is 0 Å². The van der Waals surface area contributed by atoms with Gasteiger partial charge < -0.3 is 15.5 Å². The van der Waals surface area contributed by atoms with Crippen molar-refractivity contribution in [2.75, 3.05) is 32.8 Å². The lowest BCUT2D eigenvalue weighted by Crippen LogP contribution is -2.43. The molecule has 1 heterocycles. The Morgan fingerprint density at radius 1 is 1.50 bits per heavy atom. The summed E-state index contributed by atoms with van der Waals surface area (Å²) in [5.74, 6) is 0.335. The summed E-state index contributed by atoms with van der Waals surface area (Å²) in [5.41, 5.74) is 0. The van der Waals surface area contributed by atoms with Gasteiger partial charge in [-0.2, -0.15) is 0 Å². The fourth-order valence-corrected chi connectivity index (χ4v) is 2.05. The second-order valence-corrected chi connectivity index (χ2v) is 4.43. The fourth-order valence-electron chi connectivity index (χ4n) is 2.05. The quantitative estimate of drug-likeness (QED) is 0.577. The van der Waals surface area contributed by atoms with Gasteiger partial charge in [-0.1, -0.05) is 0 Å². The summed E-state index contributed by atoms with van der Waals surface area (Å²) in [4.78, 5) is 13.5. The molecule has 1 fully saturated rings. The summed E-state index contributed by atoms with van der Waals surface area (Å²) in [7, 11) is 0. The van der Waals surface area contributed by atoms with Crippen LogP contribution in [-0.4, -0.2) is 59.9 Å². The molecule has 1 amide bonds. The summed E-state index contributed by atoms with van der Waals surface area (Å²) in [6, 6.07) is 0. The highest BCUT2D eigenvalue weighted by molar-refractivity contribution is 5.77. The molecule has 1 saturated heterocycles. The van der Waals surface area contributed by atoms with Crippen LogP contribution in [-0.2, 0) is 4.79 Å². The Morgan fingerprint density at radius 2 is 2.12 bits per heavy atom. The topological polar surface area (TPSA) is 72.8 Å². The average Bonchev–Trinajstić information content (AvgIpc) is 2.27. The standard InChI is InChI=1S/C11H22N2O3/c1-9(15)10-2-5-13(6-3-10)8-11(16)12-4-7-14/h9-10,14-15H,2-8H2,1H3,(H,12,16). The van der Waals surface area contributed by atoms with E-state index in [4.69, 9.17) is 5.11 Å². The van der Waals surface area contributed by atoms with Crippen molar-refractivity contribution in [2.24, 2.45) is 5.92 Å². The minimum Gasteiger partial charge on any atom is -0.395 e. The van der Waals surface area contributed by atoms with Crippen molar-refractivity contribution < 1.29 is 15.0 Å². The van der Waals surface area contributed by atoms with Gasteiger partial charge in [-0.05, 0) is 38.8 Å². The van der Waals surface area contributed by atoms with Gasteiger partial charge in [0.15, 0.2) is 0 Å². The molecule has 1 rings (SSSR count). The number of amides is 1. The van der Waals surface area contributed by atoms with Crippen molar-refractivity contribution in [3.8, 4) is 0 Å². The molecule has 0 aromatic heterocycles. The van der Waals surface area contributed by atoms with Crippen molar-refractivity contribution in [1.29, 1.82) is 0 Å². The van der Waals surface area contributed by atoms with E-state index in [0.29, 0.717) is 19.0 Å². The third-order valence-corrected chi connectivity index (χ3v) is 3.12. The van der Waals surface area contributed by atoms with E-state index in [-0.39, 0.29) is 18.6 Å². The number of aliphatic hydroxyl groups is 2. The maximum absolute atomic E-state index is 11.4. The number of piperidine rings is 1. The Balaban J connectivity index is 2.19. The first-order valence-corrected chi connectivity index (χ1v) is 5.91. The van der Waals surface area contributed by atoms with E-state index >= 15 is 0 Å². The number of hydrogen-bond donors (Lipinski definition) is 3. The molecule has 3 N–H and O–H groups in total. The van der Waals surface area contributed by atoms with Gasteiger partial charge in [0.25, 0.3) is 0 Å². The summed E-state index contributed by atoms with van der Waals surface area (Å²) >= 11 is 0. The number of nitrogens with zero attached hydrogens (tertiary/aromatic N) is 1. The van der Waals surface area contributed by atoms with Crippen molar-refractivity contribution in [1.82, 2.24) is 10.2 Å². The molecule has 1 aliphatic rings. The van der Waals surface area contributed by atoms with Crippen molar-refractivity contribution in [3.05, 3.63) is 0 Å². The first-order chi connectivity index (χ1) is 7.63. The third kappa shape index (κ3) is 4.47. The summed E-state index contributed by atoms with van der Waals surface area (Å²) < 4.78 is 0. The Morgan fingerprint density at radius 3 is 2.62 bits per heavy atom. The van der Waals surface area contributed by atoms with Crippen molar-refractivity contribution in [3.63, 3.8) is 0 Å². The van der Waals surface area contributed by atoms with E-state index in [2.05, 4.69) is 10.2 Å². The van der Waals surface area contributed by atoms with Crippen LogP contribution in [0.2, 0.25) is 0 Å². The van der Waals surface area contributed by atoms with E-state index in [9.17, 15) is 9.90 Å². The zero-order valence-electron chi connectivity index (χ0n) is 9.85. The average molecular weight is 230 g/mol. The van der Waals surface area contributed by atoms with Crippen LogP contribution in [0.25, 0.3) is 0 Å². The fraction of sp³-hybridized carbons (Fsp3) is 0.909. The summed E-state index contributed by atoms with van der Waals surface area (Å²) in [5, 5.41) is 20.6. The number of aliphatic hydroxyl groups excluding tert-OH is 2. The minimum atomic E-state index is -0.245. The van der Waals surface area contributed by atoms with Crippen LogP contribution < -0.4 is 5.32 Å². The Hall–Kier alpha value is -0.650. The van der Waals surface area contributed by atoms with E-state index in [0.717, 1.165) is 25.9 Å². The molecule has 0 bridgehead atoms. The Kier molecular flexibility index (Phi) is 5.73. The van der Waals surface area contributed by atoms with Gasteiger partial charge in [-0.25, -0.2) is 0 Å². The first kappa shape index (κ1) is 13.4. The largest absolute Gasteiger partial charge is 0.395 e. The van der Waals surface area contributed by atoms with Crippen LogP contribution >= 0.6 is 0 Å². The summed E-state index contributed by atoms with van der Waals surface area (Å²) in [6.07, 6.45) is 1.65. The first-order valence-electron chi connectivity index (χ1n) is 5.91. The molecular formula is C11H22N2O3. The molecule has 1 atom stereocenters. The van der Waals surface area contributed by atoms with Crippen LogP contribution in [0, 0.1) is 5.92 Å². The minimum absolute atomic E-state index is 0.0180. The monoisotopic (exact) mass is 230 g/mol. The molecule has 5 heteroatoms. The highest BCUT2D eigenvalue weighted by Crippen LogP contribution is 2.19. The Labute approximate surface area is 96.4 Å². The molecule has 0 spiro atoms. The third-order valence-electron chi connectivity index (χ3n) is 3.12. The lowest BCUT2D eigenvalue weighted by molar-refractivity contribution is -0.122. The molecular weight excluding hydrogens is 208 g/mol. The molecule has 0 saturated carbocycles. The number of hydrogen-bond acceptors (Lipinski definition) is 4. The predicted octanol–water partition coefficient (Wildman–Crippen LogP) is -0.812. The normalized spacial score (nSPS) is 20.7. The number of rotatable bonds is 5. The van der Waals surface area contributed by atoms with Crippen LogP contribution in [0.5, 0.6) is 0 Å². The smallest absolute Gasteiger partial charge is 0.234 e. The SMILES string of the molecule is CC(O)C1CCN(CC(=O)NCCO)CC1. The Bertz CT molecular complexity index is 213. The van der Waals surface area contributed by atoms with Crippen LogP contribution in [0.4, 0.5) is 0 Å². The lowest BCUT2D eigenvalue weighted by Gasteiger charge is -2.32.